The molecule has 2 amide bonds. The summed E-state index contributed by atoms with van der Waals surface area (Å²) in [5, 5.41) is 0. The molecule has 2 aliphatic heterocycles. The van der Waals surface area contributed by atoms with Crippen molar-refractivity contribution in [1.29, 1.82) is 0 Å². The predicted molar refractivity (Wildman–Crippen MR) is 150 cm³/mol. The van der Waals surface area contributed by atoms with E-state index < -0.39 is 28.4 Å². The van der Waals surface area contributed by atoms with E-state index in [1.54, 1.807) is 29.8 Å². The average molecular weight is 554 g/mol. The normalized spacial score (nSPS) is 21.1. The number of thiocarbonyl (C=S) groups is 1. The minimum atomic E-state index is -4.03. The van der Waals surface area contributed by atoms with E-state index in [1.165, 1.54) is 37.8 Å². The molecule has 0 spiro atoms. The number of benzene rings is 2. The highest BCUT2D eigenvalue weighted by Gasteiger charge is 2.34. The van der Waals surface area contributed by atoms with Gasteiger partial charge >= 0.3 is 0 Å². The number of hydrogen-bond acceptors (Lipinski definition) is 7. The molecule has 192 valence electrons. The molecule has 1 aliphatic carbocycles. The van der Waals surface area contributed by atoms with E-state index in [-0.39, 0.29) is 9.22 Å². The second-order valence-electron chi connectivity index (χ2n) is 9.32. The minimum Gasteiger partial charge on any atom is -0.368 e. The summed E-state index contributed by atoms with van der Waals surface area (Å²) in [5.41, 5.74) is 3.57. The molecule has 7 nitrogen and oxygen atoms in total. The topological polar surface area (TPSA) is 86.8 Å². The van der Waals surface area contributed by atoms with E-state index in [2.05, 4.69) is 23.1 Å². The standard InChI is InChI=1S/C27H27N3O4S3/c31-25(28-37(33,34)23-8-2-1-3-9-23)18-30-26(32)24(36-27(30)35)16-19-10-12-22(13-11-19)29-15-14-20-6-4-5-7-21(20)17-29/h1-3,7-13,16,20H,4-6,14-15,17-18H2,(H,28,31)/t20-/m0/s1. The molecular formula is C27H27N3O4S3. The van der Waals surface area contributed by atoms with E-state index in [9.17, 15) is 18.0 Å². The molecule has 5 rings (SSSR count). The molecule has 37 heavy (non-hydrogen) atoms. The second-order valence-corrected chi connectivity index (χ2v) is 12.7. The van der Waals surface area contributed by atoms with Gasteiger partial charge in [-0.15, -0.1) is 0 Å². The zero-order chi connectivity index (χ0) is 26.0. The summed E-state index contributed by atoms with van der Waals surface area (Å²) in [6, 6.07) is 15.7. The summed E-state index contributed by atoms with van der Waals surface area (Å²) in [7, 11) is -4.03. The number of sulfonamides is 1. The number of allylic oxidation sites excluding steroid dienone is 1. The number of hydrogen-bond donors (Lipinski definition) is 1. The molecule has 1 atom stereocenters. The molecule has 2 saturated heterocycles. The summed E-state index contributed by atoms with van der Waals surface area (Å²) in [5.74, 6) is -0.507. The van der Waals surface area contributed by atoms with Crippen molar-refractivity contribution >= 4 is 61.9 Å². The summed E-state index contributed by atoms with van der Waals surface area (Å²) < 4.78 is 27.0. The van der Waals surface area contributed by atoms with Gasteiger partial charge in [-0.3, -0.25) is 14.5 Å². The van der Waals surface area contributed by atoms with E-state index in [4.69, 9.17) is 12.2 Å². The van der Waals surface area contributed by atoms with Gasteiger partial charge in [0.15, 0.2) is 0 Å². The van der Waals surface area contributed by atoms with E-state index in [1.807, 2.05) is 16.9 Å². The van der Waals surface area contributed by atoms with Crippen LogP contribution in [-0.2, 0) is 19.6 Å². The Morgan fingerprint density at radius 2 is 1.86 bits per heavy atom. The van der Waals surface area contributed by atoms with Crippen LogP contribution < -0.4 is 9.62 Å². The van der Waals surface area contributed by atoms with Crippen molar-refractivity contribution in [2.24, 2.45) is 5.92 Å². The molecule has 2 heterocycles. The maximum atomic E-state index is 12.9. The lowest BCUT2D eigenvalue weighted by atomic mass is 9.82. The summed E-state index contributed by atoms with van der Waals surface area (Å²) >= 11 is 6.40. The lowest BCUT2D eigenvalue weighted by Crippen LogP contribution is -2.41. The number of piperidine rings is 1. The first kappa shape index (κ1) is 25.7. The van der Waals surface area contributed by atoms with Crippen LogP contribution in [0.25, 0.3) is 6.08 Å². The van der Waals surface area contributed by atoms with Crippen LogP contribution in [0.4, 0.5) is 5.69 Å². The largest absolute Gasteiger partial charge is 0.368 e. The predicted octanol–water partition coefficient (Wildman–Crippen LogP) is 4.33. The SMILES string of the molecule is O=C(CN1C(=O)C(=Cc2ccc(N3CC[C@@H]4CCCC=C4C3)cc2)SC1=S)NS(=O)(=O)c1ccccc1. The summed E-state index contributed by atoms with van der Waals surface area (Å²) in [6.07, 6.45) is 9.14. The summed E-state index contributed by atoms with van der Waals surface area (Å²) in [6.45, 7) is 1.55. The third kappa shape index (κ3) is 5.81. The molecule has 3 aliphatic rings. The number of anilines is 1. The number of carbonyl (C=O) groups is 2. The first-order chi connectivity index (χ1) is 17.8. The van der Waals surface area contributed by atoms with Crippen LogP contribution in [0.5, 0.6) is 0 Å². The fourth-order valence-electron chi connectivity index (χ4n) is 4.91. The van der Waals surface area contributed by atoms with Gasteiger partial charge < -0.3 is 4.90 Å². The average Bonchev–Trinajstić information content (AvgIpc) is 3.16. The van der Waals surface area contributed by atoms with Crippen LogP contribution in [-0.4, -0.2) is 49.1 Å². The zero-order valence-corrected chi connectivity index (χ0v) is 22.6. The van der Waals surface area contributed by atoms with Gasteiger partial charge in [-0.05, 0) is 67.5 Å². The van der Waals surface area contributed by atoms with E-state index in [0.717, 1.165) is 46.9 Å². The first-order valence-corrected chi connectivity index (χ1v) is 14.9. The molecular weight excluding hydrogens is 527 g/mol. The molecule has 2 aromatic rings. The number of rotatable bonds is 6. The third-order valence-electron chi connectivity index (χ3n) is 6.84. The fraction of sp³-hybridized carbons (Fsp3) is 0.296. The van der Waals surface area contributed by atoms with Crippen molar-refractivity contribution in [1.82, 2.24) is 9.62 Å². The first-order valence-electron chi connectivity index (χ1n) is 12.2. The van der Waals surface area contributed by atoms with Crippen LogP contribution in [0.2, 0.25) is 0 Å². The summed E-state index contributed by atoms with van der Waals surface area (Å²) in [4.78, 5) is 29.3. The molecule has 10 heteroatoms. The third-order valence-corrected chi connectivity index (χ3v) is 9.61. The maximum absolute atomic E-state index is 12.9. The maximum Gasteiger partial charge on any atom is 0.266 e. The molecule has 1 N–H and O–H groups in total. The number of fused-ring (bicyclic) bond motifs is 1. The van der Waals surface area contributed by atoms with Crippen molar-refractivity contribution in [3.8, 4) is 0 Å². The molecule has 2 fully saturated rings. The Morgan fingerprint density at radius 3 is 2.62 bits per heavy atom. The molecule has 0 saturated carbocycles. The number of carbonyl (C=O) groups excluding carboxylic acids is 2. The monoisotopic (exact) mass is 553 g/mol. The highest BCUT2D eigenvalue weighted by molar-refractivity contribution is 8.26. The lowest BCUT2D eigenvalue weighted by Gasteiger charge is -2.37. The van der Waals surface area contributed by atoms with Gasteiger partial charge in [-0.1, -0.05) is 66.0 Å². The Morgan fingerprint density at radius 1 is 1.11 bits per heavy atom. The van der Waals surface area contributed by atoms with Gasteiger partial charge in [0.2, 0.25) is 0 Å². The molecule has 0 radical (unpaired) electrons. The smallest absolute Gasteiger partial charge is 0.266 e. The van der Waals surface area contributed by atoms with Gasteiger partial charge in [-0.25, -0.2) is 13.1 Å². The Hall–Kier alpha value is -2.95. The highest BCUT2D eigenvalue weighted by atomic mass is 32.2. The van der Waals surface area contributed by atoms with Gasteiger partial charge in [0, 0.05) is 18.8 Å². The fourth-order valence-corrected chi connectivity index (χ4v) is 7.16. The van der Waals surface area contributed by atoms with Gasteiger partial charge in [-0.2, -0.15) is 0 Å². The lowest BCUT2D eigenvalue weighted by molar-refractivity contribution is -0.127. The second kappa shape index (κ2) is 10.8. The zero-order valence-electron chi connectivity index (χ0n) is 20.1. The van der Waals surface area contributed by atoms with E-state index in [0.29, 0.717) is 4.91 Å². The number of thioether (sulfide) groups is 1. The quantitative estimate of drug-likeness (QED) is 0.324. The van der Waals surface area contributed by atoms with Crippen LogP contribution >= 0.6 is 24.0 Å². The molecule has 0 bridgehead atoms. The van der Waals surface area contributed by atoms with Gasteiger partial charge in [0.05, 0.1) is 9.80 Å². The van der Waals surface area contributed by atoms with Crippen LogP contribution in [0, 0.1) is 5.92 Å². The highest BCUT2D eigenvalue weighted by Crippen LogP contribution is 2.35. The van der Waals surface area contributed by atoms with Crippen LogP contribution in [0.1, 0.15) is 31.2 Å². The van der Waals surface area contributed by atoms with Crippen molar-refractivity contribution in [3.63, 3.8) is 0 Å². The Balaban J connectivity index is 1.22. The number of nitrogens with one attached hydrogen (secondary N) is 1. The van der Waals surface area contributed by atoms with E-state index >= 15 is 0 Å². The van der Waals surface area contributed by atoms with Crippen LogP contribution in [0.15, 0.2) is 76.0 Å². The van der Waals surface area contributed by atoms with Gasteiger partial charge in [0.1, 0.15) is 10.9 Å². The molecule has 2 aromatic carbocycles. The van der Waals surface area contributed by atoms with Crippen molar-refractivity contribution < 1.29 is 18.0 Å². The molecule has 0 aromatic heterocycles. The molecule has 0 unspecified atom stereocenters. The Bertz CT molecular complexity index is 1390. The number of amides is 2. The van der Waals surface area contributed by atoms with Gasteiger partial charge in [0.25, 0.3) is 21.8 Å². The van der Waals surface area contributed by atoms with Crippen molar-refractivity contribution in [3.05, 3.63) is 76.7 Å². The van der Waals surface area contributed by atoms with Crippen LogP contribution in [0.3, 0.4) is 0 Å². The van der Waals surface area contributed by atoms with Crippen molar-refractivity contribution in [2.45, 2.75) is 30.6 Å². The Labute approximate surface area is 226 Å². The Kier molecular flexibility index (Phi) is 7.50. The van der Waals surface area contributed by atoms with Crippen molar-refractivity contribution in [2.75, 3.05) is 24.5 Å². The number of nitrogens with zero attached hydrogens (tertiary/aromatic N) is 2. The minimum absolute atomic E-state index is 0.0306.